The summed E-state index contributed by atoms with van der Waals surface area (Å²) in [6.45, 7) is 17.5. The van der Waals surface area contributed by atoms with E-state index >= 15 is 0 Å². The van der Waals surface area contributed by atoms with Gasteiger partial charge in [-0.25, -0.2) is 0 Å². The SMILES string of the molecule is CCCC1=C[C](CCC)([Zr]([N](C)CC)([N](C)CC)[N](C)CC)C(CCC)=C1. The van der Waals surface area contributed by atoms with Crippen molar-refractivity contribution in [2.75, 3.05) is 40.8 Å². The summed E-state index contributed by atoms with van der Waals surface area (Å²) in [5, 5.41) is 0. The molecule has 0 saturated heterocycles. The average Bonchev–Trinajstić information content (AvgIpc) is 3.00. The second kappa shape index (κ2) is 11.4. The Bertz CT molecular complexity index is 487. The molecule has 0 fully saturated rings. The van der Waals surface area contributed by atoms with Crippen molar-refractivity contribution in [3.05, 3.63) is 23.3 Å². The molecule has 0 aliphatic heterocycles. The van der Waals surface area contributed by atoms with Crippen LogP contribution in [0.2, 0.25) is 3.12 Å². The molecule has 0 radical (unpaired) electrons. The van der Waals surface area contributed by atoms with Gasteiger partial charge in [0.2, 0.25) is 0 Å². The summed E-state index contributed by atoms with van der Waals surface area (Å²) in [4.78, 5) is 0. The summed E-state index contributed by atoms with van der Waals surface area (Å²) in [7, 11) is 7.25. The number of rotatable bonds is 13. The van der Waals surface area contributed by atoms with Crippen LogP contribution >= 0.6 is 0 Å². The number of allylic oxidation sites excluding steroid dienone is 4. The van der Waals surface area contributed by atoms with Gasteiger partial charge in [-0.1, -0.05) is 0 Å². The second-order valence-electron chi connectivity index (χ2n) is 8.29. The van der Waals surface area contributed by atoms with Gasteiger partial charge in [0.15, 0.2) is 0 Å². The number of hydrogen-bond acceptors (Lipinski definition) is 3. The van der Waals surface area contributed by atoms with Crippen molar-refractivity contribution in [3.8, 4) is 0 Å². The van der Waals surface area contributed by atoms with Crippen LogP contribution in [0.3, 0.4) is 0 Å². The molecular weight excluding hydrogens is 409 g/mol. The normalized spacial score (nSPS) is 20.7. The van der Waals surface area contributed by atoms with E-state index < -0.39 is 21.1 Å². The molecule has 0 spiro atoms. The maximum absolute atomic E-state index is 3.19. The summed E-state index contributed by atoms with van der Waals surface area (Å²) in [6.07, 6.45) is 12.9. The number of hydrogen-bond donors (Lipinski definition) is 0. The Hall–Kier alpha value is 0.243. The van der Waals surface area contributed by atoms with Gasteiger partial charge in [-0.15, -0.1) is 0 Å². The van der Waals surface area contributed by atoms with Crippen molar-refractivity contribution in [3.63, 3.8) is 0 Å². The van der Waals surface area contributed by atoms with E-state index in [-0.39, 0.29) is 3.12 Å². The van der Waals surface area contributed by atoms with Crippen molar-refractivity contribution >= 4 is 0 Å². The minimum absolute atomic E-state index is 0.254. The van der Waals surface area contributed by atoms with Gasteiger partial charge in [0, 0.05) is 0 Å². The van der Waals surface area contributed by atoms with Crippen molar-refractivity contribution in [1.29, 1.82) is 0 Å². The topological polar surface area (TPSA) is 9.72 Å². The third-order valence-electron chi connectivity index (χ3n) is 6.69. The molecule has 0 aromatic rings. The molecule has 0 N–H and O–H groups in total. The predicted molar refractivity (Wildman–Crippen MR) is 118 cm³/mol. The van der Waals surface area contributed by atoms with Gasteiger partial charge in [0.1, 0.15) is 0 Å². The molecule has 1 aliphatic rings. The first-order valence-corrected chi connectivity index (χ1v) is 15.9. The van der Waals surface area contributed by atoms with Crippen molar-refractivity contribution in [2.45, 2.75) is 83.2 Å². The molecular formula is C23H47N3Zr. The van der Waals surface area contributed by atoms with Crippen LogP contribution in [0.1, 0.15) is 80.1 Å². The quantitative estimate of drug-likeness (QED) is 0.328. The molecule has 0 bridgehead atoms. The predicted octanol–water partition coefficient (Wildman–Crippen LogP) is 6.17. The Balaban J connectivity index is 3.84. The summed E-state index contributed by atoms with van der Waals surface area (Å²) in [5.41, 5.74) is 3.35. The van der Waals surface area contributed by atoms with Gasteiger partial charge in [-0.2, -0.15) is 0 Å². The van der Waals surface area contributed by atoms with Gasteiger partial charge in [-0.3, -0.25) is 0 Å². The van der Waals surface area contributed by atoms with E-state index in [9.17, 15) is 0 Å². The third kappa shape index (κ3) is 4.55. The van der Waals surface area contributed by atoms with Crippen LogP contribution < -0.4 is 0 Å². The van der Waals surface area contributed by atoms with E-state index in [1.165, 1.54) is 38.5 Å². The summed E-state index contributed by atoms with van der Waals surface area (Å²) >= 11 is -3.19. The zero-order valence-electron chi connectivity index (χ0n) is 19.9. The molecule has 1 unspecified atom stereocenters. The Labute approximate surface area is 176 Å². The summed E-state index contributed by atoms with van der Waals surface area (Å²) < 4.78 is 8.69. The molecule has 0 aromatic carbocycles. The number of nitrogens with zero attached hydrogens (tertiary/aromatic N) is 3. The van der Waals surface area contributed by atoms with Crippen LogP contribution in [0.15, 0.2) is 23.3 Å². The van der Waals surface area contributed by atoms with E-state index in [4.69, 9.17) is 0 Å². The molecule has 1 aliphatic carbocycles. The van der Waals surface area contributed by atoms with Crippen molar-refractivity contribution < 1.29 is 21.1 Å². The molecule has 4 heteroatoms. The summed E-state index contributed by atoms with van der Waals surface area (Å²) in [5.74, 6) is 0. The first-order valence-electron chi connectivity index (χ1n) is 11.4. The third-order valence-corrected chi connectivity index (χ3v) is 21.6. The molecule has 0 saturated carbocycles. The van der Waals surface area contributed by atoms with E-state index in [2.05, 4.69) is 83.4 Å². The van der Waals surface area contributed by atoms with E-state index in [0.29, 0.717) is 0 Å². The van der Waals surface area contributed by atoms with E-state index in [0.717, 1.165) is 19.6 Å². The monoisotopic (exact) mass is 455 g/mol. The molecule has 1 atom stereocenters. The van der Waals surface area contributed by atoms with Crippen molar-refractivity contribution in [1.82, 2.24) is 8.53 Å². The zero-order valence-corrected chi connectivity index (χ0v) is 22.3. The fraction of sp³-hybridized carbons (Fsp3) is 0.826. The van der Waals surface area contributed by atoms with Crippen LogP contribution in [0, 0.1) is 0 Å². The molecule has 0 amide bonds. The van der Waals surface area contributed by atoms with Gasteiger partial charge < -0.3 is 0 Å². The molecule has 0 heterocycles. The molecule has 3 nitrogen and oxygen atoms in total. The van der Waals surface area contributed by atoms with Crippen LogP contribution in [0.5, 0.6) is 0 Å². The van der Waals surface area contributed by atoms with Crippen LogP contribution in [-0.2, 0) is 21.1 Å². The van der Waals surface area contributed by atoms with Gasteiger partial charge in [0.25, 0.3) is 0 Å². The fourth-order valence-electron chi connectivity index (χ4n) is 5.47. The minimum atomic E-state index is -3.19. The standard InChI is InChI=1S/C14H23.3C3H8N.Zr/c1-4-7-12-10-13(8-5-2)14(11-12)9-6-3;3*1-3-4-2;/h10-11H,4-9H2,1-3H3;3*3H2,1-2H3;/q;3*-1;+3. The first-order chi connectivity index (χ1) is 12.9. The summed E-state index contributed by atoms with van der Waals surface area (Å²) in [6, 6.07) is 0. The van der Waals surface area contributed by atoms with Crippen molar-refractivity contribution in [2.24, 2.45) is 0 Å². The maximum atomic E-state index is 2.81. The molecule has 1 rings (SSSR count). The molecule has 27 heavy (non-hydrogen) atoms. The molecule has 0 aromatic heterocycles. The Kier molecular flexibility index (Phi) is 10.7. The van der Waals surface area contributed by atoms with E-state index in [1.54, 1.807) is 11.1 Å². The Morgan fingerprint density at radius 1 is 0.741 bits per heavy atom. The van der Waals surface area contributed by atoms with Gasteiger partial charge in [-0.05, 0) is 0 Å². The Morgan fingerprint density at radius 3 is 1.59 bits per heavy atom. The fourth-order valence-corrected chi connectivity index (χ4v) is 22.0. The Morgan fingerprint density at radius 2 is 1.22 bits per heavy atom. The molecule has 158 valence electrons. The van der Waals surface area contributed by atoms with Crippen LogP contribution in [0.25, 0.3) is 0 Å². The van der Waals surface area contributed by atoms with Crippen LogP contribution in [0.4, 0.5) is 0 Å². The first kappa shape index (κ1) is 25.3. The zero-order chi connectivity index (χ0) is 20.7. The van der Waals surface area contributed by atoms with Gasteiger partial charge >= 0.3 is 177 Å². The van der Waals surface area contributed by atoms with E-state index in [1.807, 2.05) is 0 Å². The average molecular weight is 457 g/mol. The second-order valence-corrected chi connectivity index (χ2v) is 19.2. The van der Waals surface area contributed by atoms with Gasteiger partial charge in [0.05, 0.1) is 0 Å². The van der Waals surface area contributed by atoms with Crippen LogP contribution in [-0.4, -0.2) is 49.3 Å².